The molecule has 0 unspecified atom stereocenters. The SMILES string of the molecule is CCN(CC)C(=O)S.CO.NC(=O)S.O.O.O.[H-].[Na+]. The fourth-order valence-corrected chi connectivity index (χ4v) is 0.777. The molecular weight excluding hydrogens is 295 g/mol. The van der Waals surface area contributed by atoms with Gasteiger partial charge in [-0.25, -0.2) is 0 Å². The van der Waals surface area contributed by atoms with Gasteiger partial charge in [-0.1, -0.05) is 25.3 Å². The monoisotopic (exact) mass is 320 g/mol. The zero-order chi connectivity index (χ0) is 12.1. The van der Waals surface area contributed by atoms with Crippen molar-refractivity contribution in [3.63, 3.8) is 0 Å². The van der Waals surface area contributed by atoms with E-state index in [1.165, 1.54) is 0 Å². The summed E-state index contributed by atoms with van der Waals surface area (Å²) in [4.78, 5) is 21.1. The third kappa shape index (κ3) is 54.9. The van der Waals surface area contributed by atoms with E-state index in [0.717, 1.165) is 20.2 Å². The molecule has 8 nitrogen and oxygen atoms in total. The summed E-state index contributed by atoms with van der Waals surface area (Å²) in [5, 5.41) is 6.22. The molecule has 0 aliphatic heterocycles. The zero-order valence-corrected chi connectivity index (χ0v) is 14.9. The normalized spacial score (nSPS) is 5.67. The van der Waals surface area contributed by atoms with Crippen LogP contribution in [0.5, 0.6) is 0 Å². The van der Waals surface area contributed by atoms with Crippen LogP contribution < -0.4 is 35.3 Å². The van der Waals surface area contributed by atoms with Crippen LogP contribution in [0.2, 0.25) is 0 Å². The minimum absolute atomic E-state index is 0. The molecule has 11 heteroatoms. The molecule has 0 rings (SSSR count). The average molecular weight is 320 g/mol. The van der Waals surface area contributed by atoms with E-state index in [2.05, 4.69) is 31.0 Å². The Hall–Kier alpha value is 0.480. The second kappa shape index (κ2) is 36.0. The number of amides is 2. The third-order valence-corrected chi connectivity index (χ3v) is 1.32. The molecule has 0 aliphatic carbocycles. The summed E-state index contributed by atoms with van der Waals surface area (Å²) in [5.41, 5.74) is 4.34. The summed E-state index contributed by atoms with van der Waals surface area (Å²) in [6.07, 6.45) is 0. The standard InChI is InChI=1S/C5H11NOS.CH3NOS.CH4O.Na.3H2O.H/c1-3-6(4-2)5(7)8;2-1(3)4;1-2;;;;;/h3-4H2,1-2H3,(H,7,8);(H3,2,3,4);2H,1H3;;3*1H2;/q;;;+1;;;;-1. The van der Waals surface area contributed by atoms with Crippen LogP contribution in [0.25, 0.3) is 0 Å². The molecule has 0 aliphatic rings. The van der Waals surface area contributed by atoms with E-state index in [4.69, 9.17) is 9.90 Å². The number of carbonyl (C=O) groups excluding carboxylic acids is 2. The molecule has 2 amide bonds. The number of carbonyl (C=O) groups is 2. The van der Waals surface area contributed by atoms with Crippen LogP contribution in [-0.2, 0) is 0 Å². The van der Waals surface area contributed by atoms with Gasteiger partial charge in [0.1, 0.15) is 0 Å². The number of aliphatic hydroxyl groups is 1. The Morgan fingerprint density at radius 1 is 1.11 bits per heavy atom. The van der Waals surface area contributed by atoms with E-state index in [1.807, 2.05) is 13.8 Å². The van der Waals surface area contributed by atoms with E-state index in [-0.39, 0.29) is 52.7 Å². The first-order valence-electron chi connectivity index (χ1n) is 3.86. The van der Waals surface area contributed by atoms with Crippen LogP contribution in [0.4, 0.5) is 9.59 Å². The molecule has 0 atom stereocenters. The predicted molar refractivity (Wildman–Crippen MR) is 76.0 cm³/mol. The van der Waals surface area contributed by atoms with Gasteiger partial charge in [-0.2, -0.15) is 0 Å². The van der Waals surface area contributed by atoms with Crippen LogP contribution in [0, 0.1) is 0 Å². The molecule has 0 heterocycles. The minimum atomic E-state index is -0.639. The Balaban J connectivity index is -0.0000000164. The molecule has 9 N–H and O–H groups in total. The molecule has 112 valence electrons. The quantitative estimate of drug-likeness (QED) is 0.297. The number of nitrogens with two attached hydrogens (primary N) is 1. The number of primary amides is 1. The van der Waals surface area contributed by atoms with Crippen molar-refractivity contribution >= 4 is 35.7 Å². The average Bonchev–Trinajstić information content (AvgIpc) is 2.08. The van der Waals surface area contributed by atoms with Crippen LogP contribution in [0.15, 0.2) is 0 Å². The van der Waals surface area contributed by atoms with Crippen molar-refractivity contribution in [3.05, 3.63) is 0 Å². The predicted octanol–water partition coefficient (Wildman–Crippen LogP) is -4.38. The van der Waals surface area contributed by atoms with Crippen LogP contribution in [-0.4, -0.2) is 57.1 Å². The number of aliphatic hydroxyl groups excluding tert-OH is 1. The molecule has 0 spiro atoms. The molecule has 0 aromatic rings. The Bertz CT molecular complexity index is 165. The van der Waals surface area contributed by atoms with Crippen molar-refractivity contribution in [2.24, 2.45) is 5.73 Å². The third-order valence-electron chi connectivity index (χ3n) is 1.03. The summed E-state index contributed by atoms with van der Waals surface area (Å²) in [6.45, 7) is 5.35. The maximum atomic E-state index is 10.4. The molecular formula is C7H25N2NaO6S2. The van der Waals surface area contributed by atoms with Crippen LogP contribution >= 0.6 is 25.3 Å². The first kappa shape index (κ1) is 42.8. The summed E-state index contributed by atoms with van der Waals surface area (Å²) in [5.74, 6) is 0. The van der Waals surface area contributed by atoms with Gasteiger partial charge >= 0.3 is 29.6 Å². The fourth-order valence-electron chi connectivity index (χ4n) is 0.494. The van der Waals surface area contributed by atoms with Gasteiger partial charge in [0.2, 0.25) is 0 Å². The molecule has 0 bridgehead atoms. The van der Waals surface area contributed by atoms with Crippen molar-refractivity contribution in [3.8, 4) is 0 Å². The largest absolute Gasteiger partial charge is 1.00 e. The van der Waals surface area contributed by atoms with Crippen LogP contribution in [0.3, 0.4) is 0 Å². The zero-order valence-electron chi connectivity index (χ0n) is 12.1. The van der Waals surface area contributed by atoms with E-state index in [9.17, 15) is 4.79 Å². The molecule has 0 saturated carbocycles. The van der Waals surface area contributed by atoms with Gasteiger partial charge in [0.25, 0.3) is 10.5 Å². The summed E-state index contributed by atoms with van der Waals surface area (Å²) < 4.78 is 0. The molecule has 18 heavy (non-hydrogen) atoms. The van der Waals surface area contributed by atoms with Gasteiger partial charge < -0.3 is 33.6 Å². The van der Waals surface area contributed by atoms with Crippen molar-refractivity contribution in [1.82, 2.24) is 4.90 Å². The van der Waals surface area contributed by atoms with Gasteiger partial charge in [0.05, 0.1) is 0 Å². The molecule has 0 saturated heterocycles. The maximum absolute atomic E-state index is 10.4. The summed E-state index contributed by atoms with van der Waals surface area (Å²) in [6, 6.07) is 0. The number of thiol groups is 2. The number of nitrogens with zero attached hydrogens (tertiary/aromatic N) is 1. The summed E-state index contributed by atoms with van der Waals surface area (Å²) in [7, 11) is 1.00. The van der Waals surface area contributed by atoms with E-state index >= 15 is 0 Å². The van der Waals surface area contributed by atoms with E-state index in [1.54, 1.807) is 4.90 Å². The maximum Gasteiger partial charge on any atom is 1.00 e. The molecule has 0 aromatic carbocycles. The van der Waals surface area contributed by atoms with Gasteiger partial charge in [-0.05, 0) is 13.8 Å². The van der Waals surface area contributed by atoms with Crippen molar-refractivity contribution in [2.45, 2.75) is 13.8 Å². The Kier molecular flexibility index (Phi) is 85.7. The Morgan fingerprint density at radius 3 is 1.28 bits per heavy atom. The van der Waals surface area contributed by atoms with Gasteiger partial charge in [-0.15, -0.1) is 0 Å². The number of hydrogen-bond donors (Lipinski definition) is 4. The number of rotatable bonds is 2. The van der Waals surface area contributed by atoms with E-state index < -0.39 is 5.24 Å². The van der Waals surface area contributed by atoms with Crippen molar-refractivity contribution < 1.29 is 62.1 Å². The number of hydrogen-bond acceptors (Lipinski definition) is 3. The first-order valence-corrected chi connectivity index (χ1v) is 4.76. The van der Waals surface area contributed by atoms with Crippen molar-refractivity contribution in [2.75, 3.05) is 20.2 Å². The second-order valence-corrected chi connectivity index (χ2v) is 2.62. The molecule has 0 fully saturated rings. The van der Waals surface area contributed by atoms with Gasteiger partial charge in [0, 0.05) is 20.2 Å². The van der Waals surface area contributed by atoms with Crippen molar-refractivity contribution in [1.29, 1.82) is 0 Å². The molecule has 0 aromatic heterocycles. The minimum Gasteiger partial charge on any atom is -1.00 e. The molecule has 0 radical (unpaired) electrons. The summed E-state index contributed by atoms with van der Waals surface area (Å²) >= 11 is 6.75. The first-order chi connectivity index (χ1) is 6.45. The topological polar surface area (TPSA) is 178 Å². The Morgan fingerprint density at radius 2 is 1.28 bits per heavy atom. The van der Waals surface area contributed by atoms with Gasteiger partial charge in [-0.3, -0.25) is 9.59 Å². The fraction of sp³-hybridized carbons (Fsp3) is 0.714. The van der Waals surface area contributed by atoms with Gasteiger partial charge in [0.15, 0.2) is 0 Å². The van der Waals surface area contributed by atoms with E-state index in [0.29, 0.717) is 0 Å². The van der Waals surface area contributed by atoms with Crippen LogP contribution in [0.1, 0.15) is 15.3 Å². The smallest absolute Gasteiger partial charge is 1.00 e. The second-order valence-electron chi connectivity index (χ2n) is 1.79. The Labute approximate surface area is 142 Å².